The lowest BCUT2D eigenvalue weighted by atomic mass is 9.95. The Hall–Kier alpha value is -0.980. The Morgan fingerprint density at radius 3 is 2.76 bits per heavy atom. The van der Waals surface area contributed by atoms with Crippen molar-refractivity contribution in [1.29, 1.82) is 0 Å². The molecule has 0 aromatic heterocycles. The molecule has 1 aliphatic rings. The summed E-state index contributed by atoms with van der Waals surface area (Å²) in [5, 5.41) is 3.37. The minimum Gasteiger partial charge on any atom is -0.309 e. The summed E-state index contributed by atoms with van der Waals surface area (Å²) in [5.41, 5.74) is 1.70. The monoisotopic (exact) mass is 314 g/mol. The van der Waals surface area contributed by atoms with Crippen LogP contribution in [0.25, 0.3) is 0 Å². The molecule has 1 N–H and O–H groups in total. The molecule has 6 heteroatoms. The third-order valence-corrected chi connectivity index (χ3v) is 5.36. The summed E-state index contributed by atoms with van der Waals surface area (Å²) in [6.07, 6.45) is 2.00. The van der Waals surface area contributed by atoms with Crippen LogP contribution in [0.4, 0.5) is 4.39 Å². The van der Waals surface area contributed by atoms with E-state index in [4.69, 9.17) is 0 Å². The number of benzene rings is 1. The second-order valence-electron chi connectivity index (χ2n) is 5.97. The van der Waals surface area contributed by atoms with E-state index in [9.17, 15) is 12.8 Å². The molecule has 1 saturated heterocycles. The summed E-state index contributed by atoms with van der Waals surface area (Å²) in [6, 6.07) is 5.30. The maximum atomic E-state index is 13.7. The van der Waals surface area contributed by atoms with Gasteiger partial charge in [0.2, 0.25) is 10.0 Å². The van der Waals surface area contributed by atoms with E-state index in [1.54, 1.807) is 6.07 Å². The van der Waals surface area contributed by atoms with E-state index in [0.717, 1.165) is 12.0 Å². The molecule has 0 aliphatic carbocycles. The molecule has 0 spiro atoms. The molecule has 118 valence electrons. The van der Waals surface area contributed by atoms with E-state index < -0.39 is 10.0 Å². The molecule has 1 aliphatic heterocycles. The molecule has 21 heavy (non-hydrogen) atoms. The zero-order valence-corrected chi connectivity index (χ0v) is 13.6. The smallest absolute Gasteiger partial charge is 0.211 e. The quantitative estimate of drug-likeness (QED) is 0.923. The molecule has 0 unspecified atom stereocenters. The number of rotatable bonds is 4. The largest absolute Gasteiger partial charge is 0.309 e. The van der Waals surface area contributed by atoms with Crippen LogP contribution in [0.15, 0.2) is 18.2 Å². The number of hydrogen-bond acceptors (Lipinski definition) is 3. The van der Waals surface area contributed by atoms with Gasteiger partial charge < -0.3 is 5.32 Å². The van der Waals surface area contributed by atoms with Crippen molar-refractivity contribution >= 4 is 10.0 Å². The zero-order chi connectivity index (χ0) is 15.6. The van der Waals surface area contributed by atoms with Crippen molar-refractivity contribution in [3.8, 4) is 0 Å². The topological polar surface area (TPSA) is 49.4 Å². The molecule has 0 saturated carbocycles. The number of halogens is 1. The van der Waals surface area contributed by atoms with Crippen LogP contribution < -0.4 is 5.32 Å². The molecule has 2 atom stereocenters. The van der Waals surface area contributed by atoms with Crippen molar-refractivity contribution in [2.75, 3.05) is 19.3 Å². The molecule has 0 bridgehead atoms. The second-order valence-corrected chi connectivity index (χ2v) is 7.95. The first-order valence-corrected chi connectivity index (χ1v) is 9.05. The van der Waals surface area contributed by atoms with Crippen LogP contribution in [0, 0.1) is 18.7 Å². The second kappa shape index (κ2) is 6.42. The van der Waals surface area contributed by atoms with Gasteiger partial charge in [0.1, 0.15) is 5.82 Å². The summed E-state index contributed by atoms with van der Waals surface area (Å²) in [4.78, 5) is 0. The highest BCUT2D eigenvalue weighted by atomic mass is 32.2. The van der Waals surface area contributed by atoms with Crippen LogP contribution in [-0.4, -0.2) is 38.1 Å². The predicted octanol–water partition coefficient (Wildman–Crippen LogP) is 1.89. The van der Waals surface area contributed by atoms with Gasteiger partial charge in [0, 0.05) is 31.2 Å². The Bertz CT molecular complexity index is 604. The van der Waals surface area contributed by atoms with Gasteiger partial charge in [-0.15, -0.1) is 0 Å². The Morgan fingerprint density at radius 1 is 1.43 bits per heavy atom. The Morgan fingerprint density at radius 2 is 2.14 bits per heavy atom. The van der Waals surface area contributed by atoms with E-state index >= 15 is 0 Å². The molecular weight excluding hydrogens is 291 g/mol. The van der Waals surface area contributed by atoms with E-state index in [2.05, 4.69) is 5.32 Å². The molecule has 1 heterocycles. The van der Waals surface area contributed by atoms with Crippen LogP contribution >= 0.6 is 0 Å². The fraction of sp³-hybridized carbons (Fsp3) is 0.600. The van der Waals surface area contributed by atoms with Crippen molar-refractivity contribution in [2.24, 2.45) is 5.92 Å². The first kappa shape index (κ1) is 16.4. The van der Waals surface area contributed by atoms with Gasteiger partial charge in [-0.3, -0.25) is 0 Å². The minimum atomic E-state index is -3.12. The predicted molar refractivity (Wildman–Crippen MR) is 82.0 cm³/mol. The van der Waals surface area contributed by atoms with Crippen LogP contribution in [0.2, 0.25) is 0 Å². The number of aryl methyl sites for hydroxylation is 1. The first-order chi connectivity index (χ1) is 9.77. The third-order valence-electron chi connectivity index (χ3n) is 4.09. The number of sulfonamides is 1. The van der Waals surface area contributed by atoms with E-state index in [1.807, 2.05) is 19.9 Å². The first-order valence-electron chi connectivity index (χ1n) is 7.21. The highest BCUT2D eigenvalue weighted by Crippen LogP contribution is 2.20. The van der Waals surface area contributed by atoms with Gasteiger partial charge in [-0.05, 0) is 25.3 Å². The highest BCUT2D eigenvalue weighted by molar-refractivity contribution is 7.88. The Kier molecular flexibility index (Phi) is 5.01. The Labute approximate surface area is 126 Å². The van der Waals surface area contributed by atoms with Crippen LogP contribution in [0.1, 0.15) is 24.5 Å². The standard InChI is InChI=1S/C15H23FN2O2S/c1-11-4-5-14(16)13(8-11)9-17-15-6-7-18(10-12(15)2)21(3,19)20/h4-5,8,12,15,17H,6-7,9-10H2,1-3H3/t12-,15-/m0/s1. The summed E-state index contributed by atoms with van der Waals surface area (Å²) in [5.74, 6) is 0.00988. The number of nitrogens with zero attached hydrogens (tertiary/aromatic N) is 1. The maximum absolute atomic E-state index is 13.7. The van der Waals surface area contributed by atoms with Crippen molar-refractivity contribution in [1.82, 2.24) is 9.62 Å². The Balaban J connectivity index is 1.94. The van der Waals surface area contributed by atoms with Gasteiger partial charge in [0.15, 0.2) is 0 Å². The molecular formula is C15H23FN2O2S. The summed E-state index contributed by atoms with van der Waals surface area (Å²) in [6.45, 7) is 5.49. The normalized spacial score (nSPS) is 24.2. The van der Waals surface area contributed by atoms with E-state index in [0.29, 0.717) is 25.2 Å². The SMILES string of the molecule is Cc1ccc(F)c(CN[C@H]2CCN(S(C)(=O)=O)C[C@@H]2C)c1. The number of nitrogens with one attached hydrogen (secondary N) is 1. The number of piperidine rings is 1. The van der Waals surface area contributed by atoms with Gasteiger partial charge in [-0.1, -0.05) is 24.6 Å². The molecule has 1 aromatic carbocycles. The lowest BCUT2D eigenvalue weighted by molar-refractivity contribution is 0.219. The summed E-state index contributed by atoms with van der Waals surface area (Å²) < 4.78 is 38.3. The van der Waals surface area contributed by atoms with E-state index in [-0.39, 0.29) is 17.8 Å². The van der Waals surface area contributed by atoms with Crippen LogP contribution in [0.3, 0.4) is 0 Å². The van der Waals surface area contributed by atoms with Gasteiger partial charge in [-0.2, -0.15) is 0 Å². The average molecular weight is 314 g/mol. The summed E-state index contributed by atoms with van der Waals surface area (Å²) in [7, 11) is -3.12. The highest BCUT2D eigenvalue weighted by Gasteiger charge is 2.30. The summed E-state index contributed by atoms with van der Waals surface area (Å²) >= 11 is 0. The van der Waals surface area contributed by atoms with Crippen molar-refractivity contribution in [3.63, 3.8) is 0 Å². The van der Waals surface area contributed by atoms with Gasteiger partial charge >= 0.3 is 0 Å². The third kappa shape index (κ3) is 4.25. The van der Waals surface area contributed by atoms with E-state index in [1.165, 1.54) is 16.6 Å². The molecule has 0 amide bonds. The van der Waals surface area contributed by atoms with Crippen LogP contribution in [0.5, 0.6) is 0 Å². The lowest BCUT2D eigenvalue weighted by Gasteiger charge is -2.36. The van der Waals surface area contributed by atoms with Crippen molar-refractivity contribution < 1.29 is 12.8 Å². The van der Waals surface area contributed by atoms with Crippen molar-refractivity contribution in [3.05, 3.63) is 35.1 Å². The molecule has 1 fully saturated rings. The minimum absolute atomic E-state index is 0.200. The average Bonchev–Trinajstić information content (AvgIpc) is 2.40. The lowest BCUT2D eigenvalue weighted by Crippen LogP contribution is -2.49. The fourth-order valence-corrected chi connectivity index (χ4v) is 3.73. The van der Waals surface area contributed by atoms with Gasteiger partial charge in [0.25, 0.3) is 0 Å². The fourth-order valence-electron chi connectivity index (χ4n) is 2.79. The van der Waals surface area contributed by atoms with Gasteiger partial charge in [0.05, 0.1) is 6.26 Å². The molecule has 1 aromatic rings. The number of hydrogen-bond donors (Lipinski definition) is 1. The van der Waals surface area contributed by atoms with Crippen LogP contribution in [-0.2, 0) is 16.6 Å². The maximum Gasteiger partial charge on any atom is 0.211 e. The molecule has 4 nitrogen and oxygen atoms in total. The van der Waals surface area contributed by atoms with Crippen molar-refractivity contribution in [2.45, 2.75) is 32.9 Å². The molecule has 0 radical (unpaired) electrons. The van der Waals surface area contributed by atoms with Gasteiger partial charge in [-0.25, -0.2) is 17.1 Å². The zero-order valence-electron chi connectivity index (χ0n) is 12.8. The molecule has 2 rings (SSSR count).